The van der Waals surface area contributed by atoms with Gasteiger partial charge in [-0.2, -0.15) is 4.52 Å². The van der Waals surface area contributed by atoms with Gasteiger partial charge in [-0.3, -0.25) is 4.79 Å². The lowest BCUT2D eigenvalue weighted by molar-refractivity contribution is -0.140. The molecule has 4 saturated carbocycles. The molecule has 0 aliphatic heterocycles. The van der Waals surface area contributed by atoms with Crippen LogP contribution in [0.15, 0.2) is 24.3 Å². The second kappa shape index (κ2) is 6.00. The van der Waals surface area contributed by atoms with Gasteiger partial charge >= 0.3 is 0 Å². The highest BCUT2D eigenvalue weighted by Gasteiger charge is 2.54. The number of anilines is 1. The van der Waals surface area contributed by atoms with Crippen molar-refractivity contribution in [2.45, 2.75) is 38.5 Å². The highest BCUT2D eigenvalue weighted by atomic mass is 35.5. The molecule has 0 saturated heterocycles. The lowest BCUT2D eigenvalue weighted by atomic mass is 9.49. The minimum Gasteiger partial charge on any atom is -0.300 e. The minimum atomic E-state index is -0.184. The number of benzene rings is 1. The number of nitrogens with zero attached hydrogens (tertiary/aromatic N) is 4. The molecule has 1 amide bonds. The molecule has 0 unspecified atom stereocenters. The number of hydrogen-bond donors (Lipinski definition) is 1. The molecule has 1 aromatic carbocycles. The lowest BCUT2D eigenvalue weighted by Gasteiger charge is -2.55. The molecular formula is C20H20ClN5OS. The lowest BCUT2D eigenvalue weighted by Crippen LogP contribution is -2.51. The van der Waals surface area contributed by atoms with Crippen LogP contribution in [0.2, 0.25) is 5.02 Å². The van der Waals surface area contributed by atoms with E-state index < -0.39 is 0 Å². The highest BCUT2D eigenvalue weighted by Crippen LogP contribution is 2.60. The van der Waals surface area contributed by atoms with Gasteiger partial charge in [-0.15, -0.1) is 15.3 Å². The van der Waals surface area contributed by atoms with E-state index >= 15 is 0 Å². The predicted octanol–water partition coefficient (Wildman–Crippen LogP) is 4.66. The Morgan fingerprint density at radius 1 is 1.14 bits per heavy atom. The van der Waals surface area contributed by atoms with Gasteiger partial charge in [-0.25, -0.2) is 0 Å². The van der Waals surface area contributed by atoms with Crippen LogP contribution in [0.25, 0.3) is 16.3 Å². The summed E-state index contributed by atoms with van der Waals surface area (Å²) in [6.45, 7) is 0. The molecule has 2 aromatic heterocycles. The van der Waals surface area contributed by atoms with Crippen LogP contribution in [0.5, 0.6) is 0 Å². The highest BCUT2D eigenvalue weighted by molar-refractivity contribution is 7.20. The number of nitrogens with one attached hydrogen (secondary N) is 1. The van der Waals surface area contributed by atoms with Crippen molar-refractivity contribution in [2.75, 3.05) is 5.32 Å². The molecule has 144 valence electrons. The van der Waals surface area contributed by atoms with Gasteiger partial charge in [0.25, 0.3) is 0 Å². The van der Waals surface area contributed by atoms with Gasteiger partial charge in [0.15, 0.2) is 5.82 Å². The fourth-order valence-electron chi connectivity index (χ4n) is 6.09. The van der Waals surface area contributed by atoms with Crippen LogP contribution in [-0.2, 0) is 4.79 Å². The number of fused-ring (bicyclic) bond motifs is 1. The van der Waals surface area contributed by atoms with Gasteiger partial charge in [0, 0.05) is 10.6 Å². The van der Waals surface area contributed by atoms with E-state index in [1.165, 1.54) is 30.6 Å². The number of halogens is 1. The first-order chi connectivity index (χ1) is 13.6. The number of amides is 1. The average Bonchev–Trinajstić information content (AvgIpc) is 3.20. The van der Waals surface area contributed by atoms with E-state index in [9.17, 15) is 4.79 Å². The van der Waals surface area contributed by atoms with Crippen molar-refractivity contribution in [1.29, 1.82) is 0 Å². The third kappa shape index (κ3) is 2.59. The molecular weight excluding hydrogens is 394 g/mol. The van der Waals surface area contributed by atoms with E-state index in [0.29, 0.717) is 20.9 Å². The number of rotatable bonds is 3. The normalized spacial score (nSPS) is 30.8. The van der Waals surface area contributed by atoms with Gasteiger partial charge in [0.05, 0.1) is 5.41 Å². The van der Waals surface area contributed by atoms with E-state index in [2.05, 4.69) is 20.6 Å². The van der Waals surface area contributed by atoms with Crippen molar-refractivity contribution >= 4 is 38.9 Å². The third-order valence-electron chi connectivity index (χ3n) is 6.81. The minimum absolute atomic E-state index is 0.154. The maximum absolute atomic E-state index is 13.3. The number of hydrogen-bond acceptors (Lipinski definition) is 5. The Hall–Kier alpha value is -1.99. The Kier molecular flexibility index (Phi) is 3.63. The molecule has 4 aliphatic rings. The summed E-state index contributed by atoms with van der Waals surface area (Å²) in [5.74, 6) is 3.00. The molecule has 8 heteroatoms. The molecule has 4 fully saturated rings. The van der Waals surface area contributed by atoms with Gasteiger partial charge in [0.1, 0.15) is 0 Å². The van der Waals surface area contributed by atoms with Gasteiger partial charge in [0.2, 0.25) is 16.0 Å². The van der Waals surface area contributed by atoms with Crippen LogP contribution in [0.3, 0.4) is 0 Å². The zero-order chi connectivity index (χ0) is 18.9. The SMILES string of the molecule is O=C(Nc1nn2c(-c3cccc(Cl)c3)nnc2s1)C12CC3CC(CC(C3)C1)C2. The fourth-order valence-corrected chi connectivity index (χ4v) is 7.02. The van der Waals surface area contributed by atoms with Crippen molar-refractivity contribution in [3.8, 4) is 11.4 Å². The largest absolute Gasteiger partial charge is 0.300 e. The predicted molar refractivity (Wildman–Crippen MR) is 108 cm³/mol. The maximum atomic E-state index is 13.3. The molecule has 0 atom stereocenters. The number of carbonyl (C=O) groups is 1. The Morgan fingerprint density at radius 3 is 2.54 bits per heavy atom. The number of carbonyl (C=O) groups excluding carboxylic acids is 1. The zero-order valence-electron chi connectivity index (χ0n) is 15.3. The Morgan fingerprint density at radius 2 is 1.86 bits per heavy atom. The average molecular weight is 414 g/mol. The summed E-state index contributed by atoms with van der Waals surface area (Å²) < 4.78 is 1.69. The van der Waals surface area contributed by atoms with Gasteiger partial charge in [-0.1, -0.05) is 35.1 Å². The second-order valence-electron chi connectivity index (χ2n) is 8.79. The van der Waals surface area contributed by atoms with Crippen molar-refractivity contribution < 1.29 is 4.79 Å². The molecule has 6 nitrogen and oxygen atoms in total. The Balaban J connectivity index is 1.29. The van der Waals surface area contributed by atoms with Crippen molar-refractivity contribution in [2.24, 2.45) is 23.2 Å². The summed E-state index contributed by atoms with van der Waals surface area (Å²) in [5, 5.41) is 17.4. The van der Waals surface area contributed by atoms with Gasteiger partial charge in [-0.05, 0) is 68.4 Å². The van der Waals surface area contributed by atoms with Crippen LogP contribution >= 0.6 is 22.9 Å². The van der Waals surface area contributed by atoms with E-state index in [1.54, 1.807) is 4.52 Å². The molecule has 2 heterocycles. The zero-order valence-corrected chi connectivity index (χ0v) is 16.8. The Labute approximate surface area is 171 Å². The van der Waals surface area contributed by atoms with Crippen LogP contribution in [0.1, 0.15) is 38.5 Å². The molecule has 1 N–H and O–H groups in total. The van der Waals surface area contributed by atoms with E-state index in [4.69, 9.17) is 11.6 Å². The van der Waals surface area contributed by atoms with Crippen molar-refractivity contribution in [3.63, 3.8) is 0 Å². The summed E-state index contributed by atoms with van der Waals surface area (Å²) in [7, 11) is 0. The van der Waals surface area contributed by atoms with Crippen molar-refractivity contribution in [1.82, 2.24) is 19.8 Å². The summed E-state index contributed by atoms with van der Waals surface area (Å²) in [5.41, 5.74) is 0.667. The molecule has 0 radical (unpaired) electrons. The smallest absolute Gasteiger partial charge is 0.236 e. The van der Waals surface area contributed by atoms with Crippen molar-refractivity contribution in [3.05, 3.63) is 29.3 Å². The standard InChI is InChI=1S/C20H20ClN5OS/c21-15-3-1-2-14(7-15)16-23-24-19-26(16)25-18(28-19)22-17(27)20-8-11-4-12(9-20)6-13(5-11)10-20/h1-3,7,11-13H,4-6,8-10H2,(H,22,25,27). The summed E-state index contributed by atoms with van der Waals surface area (Å²) in [6.07, 6.45) is 7.11. The first-order valence-electron chi connectivity index (χ1n) is 9.88. The van der Waals surface area contributed by atoms with E-state index in [1.807, 2.05) is 24.3 Å². The monoisotopic (exact) mass is 413 g/mol. The molecule has 7 rings (SSSR count). The first kappa shape index (κ1) is 16.9. The first-order valence-corrected chi connectivity index (χ1v) is 11.1. The molecule has 4 aliphatic carbocycles. The second-order valence-corrected chi connectivity index (χ2v) is 10.2. The quantitative estimate of drug-likeness (QED) is 0.677. The number of aromatic nitrogens is 4. The molecule has 0 spiro atoms. The van der Waals surface area contributed by atoms with Crippen LogP contribution in [0.4, 0.5) is 5.13 Å². The van der Waals surface area contributed by atoms with Crippen LogP contribution < -0.4 is 5.32 Å². The summed E-state index contributed by atoms with van der Waals surface area (Å²) >= 11 is 7.47. The molecule has 4 bridgehead atoms. The topological polar surface area (TPSA) is 72.2 Å². The third-order valence-corrected chi connectivity index (χ3v) is 7.86. The maximum Gasteiger partial charge on any atom is 0.236 e. The Bertz CT molecular complexity index is 1050. The molecule has 3 aromatic rings. The summed E-state index contributed by atoms with van der Waals surface area (Å²) in [6, 6.07) is 7.46. The fraction of sp³-hybridized carbons (Fsp3) is 0.500. The van der Waals surface area contributed by atoms with E-state index in [0.717, 1.165) is 42.6 Å². The van der Waals surface area contributed by atoms with Gasteiger partial charge < -0.3 is 5.32 Å². The van der Waals surface area contributed by atoms with E-state index in [-0.39, 0.29) is 11.3 Å². The molecule has 28 heavy (non-hydrogen) atoms. The van der Waals surface area contributed by atoms with Crippen LogP contribution in [0, 0.1) is 23.2 Å². The summed E-state index contributed by atoms with van der Waals surface area (Å²) in [4.78, 5) is 13.9. The van der Waals surface area contributed by atoms with Crippen LogP contribution in [-0.4, -0.2) is 25.7 Å².